The van der Waals surface area contributed by atoms with E-state index in [2.05, 4.69) is 19.2 Å². The number of hydrogen-bond donors (Lipinski definition) is 2. The van der Waals surface area contributed by atoms with Gasteiger partial charge in [-0.05, 0) is 37.6 Å². The Hall–Kier alpha value is -0.570. The van der Waals surface area contributed by atoms with Crippen LogP contribution < -0.4 is 11.1 Å². The second-order valence-corrected chi connectivity index (χ2v) is 5.26. The summed E-state index contributed by atoms with van der Waals surface area (Å²) in [7, 11) is 0. The van der Waals surface area contributed by atoms with Crippen molar-refractivity contribution in [2.24, 2.45) is 17.6 Å². The van der Waals surface area contributed by atoms with Crippen molar-refractivity contribution >= 4 is 5.91 Å². The minimum atomic E-state index is 0.183. The summed E-state index contributed by atoms with van der Waals surface area (Å²) in [5, 5.41) is 3.19. The highest BCUT2D eigenvalue weighted by molar-refractivity contribution is 5.76. The van der Waals surface area contributed by atoms with Gasteiger partial charge in [0, 0.05) is 12.5 Å². The maximum absolute atomic E-state index is 11.7. The minimum Gasteiger partial charge on any atom is -0.353 e. The summed E-state index contributed by atoms with van der Waals surface area (Å²) in [5.41, 5.74) is 5.41. The van der Waals surface area contributed by atoms with Crippen LogP contribution >= 0.6 is 0 Å². The third-order valence-electron chi connectivity index (χ3n) is 3.63. The third kappa shape index (κ3) is 4.12. The van der Waals surface area contributed by atoms with Crippen LogP contribution in [0.15, 0.2) is 0 Å². The van der Waals surface area contributed by atoms with Gasteiger partial charge < -0.3 is 11.1 Å². The molecule has 3 nitrogen and oxygen atoms in total. The lowest BCUT2D eigenvalue weighted by Crippen LogP contribution is -2.43. The quantitative estimate of drug-likeness (QED) is 0.754. The number of amides is 1. The zero-order chi connectivity index (χ0) is 12.0. The summed E-state index contributed by atoms with van der Waals surface area (Å²) in [6.07, 6.45) is 6.36. The molecule has 2 unspecified atom stereocenters. The van der Waals surface area contributed by atoms with Crippen LogP contribution in [0.4, 0.5) is 0 Å². The molecule has 0 bridgehead atoms. The van der Waals surface area contributed by atoms with Crippen molar-refractivity contribution < 1.29 is 4.79 Å². The molecule has 0 aromatic rings. The number of nitrogens with one attached hydrogen (secondary N) is 1. The first-order chi connectivity index (χ1) is 7.65. The van der Waals surface area contributed by atoms with Gasteiger partial charge in [-0.15, -0.1) is 0 Å². The van der Waals surface area contributed by atoms with Crippen LogP contribution in [-0.2, 0) is 4.79 Å². The maximum Gasteiger partial charge on any atom is 0.220 e. The summed E-state index contributed by atoms with van der Waals surface area (Å²) >= 11 is 0. The maximum atomic E-state index is 11.7. The third-order valence-corrected chi connectivity index (χ3v) is 3.63. The summed E-state index contributed by atoms with van der Waals surface area (Å²) in [6, 6.07) is 0.402. The molecule has 16 heavy (non-hydrogen) atoms. The Balaban J connectivity index is 2.40. The Bertz CT molecular complexity index is 216. The Morgan fingerprint density at radius 3 is 2.69 bits per heavy atom. The lowest BCUT2D eigenvalue weighted by Gasteiger charge is -2.34. The van der Waals surface area contributed by atoms with Gasteiger partial charge in [-0.25, -0.2) is 0 Å². The molecule has 0 aromatic carbocycles. The Kier molecular flexibility index (Phi) is 5.81. The first-order valence-electron chi connectivity index (χ1n) is 6.64. The molecule has 1 saturated carbocycles. The highest BCUT2D eigenvalue weighted by Crippen LogP contribution is 2.30. The molecular weight excluding hydrogens is 200 g/mol. The molecule has 0 heterocycles. The smallest absolute Gasteiger partial charge is 0.220 e. The zero-order valence-corrected chi connectivity index (χ0v) is 10.7. The lowest BCUT2D eigenvalue weighted by atomic mass is 9.78. The van der Waals surface area contributed by atoms with E-state index in [1.807, 2.05) is 0 Å². The average molecular weight is 226 g/mol. The van der Waals surface area contributed by atoms with Crippen LogP contribution in [0.1, 0.15) is 52.4 Å². The summed E-state index contributed by atoms with van der Waals surface area (Å²) in [5.74, 6) is 1.51. The Morgan fingerprint density at radius 2 is 2.06 bits per heavy atom. The van der Waals surface area contributed by atoms with Crippen LogP contribution in [0, 0.1) is 11.8 Å². The predicted molar refractivity (Wildman–Crippen MR) is 67.0 cm³/mol. The van der Waals surface area contributed by atoms with Crippen molar-refractivity contribution in [1.29, 1.82) is 0 Å². The van der Waals surface area contributed by atoms with Crippen molar-refractivity contribution in [3.8, 4) is 0 Å². The molecule has 1 amide bonds. The van der Waals surface area contributed by atoms with E-state index in [-0.39, 0.29) is 5.91 Å². The highest BCUT2D eigenvalue weighted by Gasteiger charge is 2.28. The molecular formula is C13H26N2O. The molecule has 3 N–H and O–H groups in total. The fourth-order valence-electron chi connectivity index (χ4n) is 2.68. The van der Waals surface area contributed by atoms with E-state index in [4.69, 9.17) is 5.73 Å². The van der Waals surface area contributed by atoms with Crippen LogP contribution in [0.5, 0.6) is 0 Å². The second-order valence-electron chi connectivity index (χ2n) is 5.26. The summed E-state index contributed by atoms with van der Waals surface area (Å²) in [6.45, 7) is 5.12. The topological polar surface area (TPSA) is 55.1 Å². The average Bonchev–Trinajstić information content (AvgIpc) is 2.27. The molecule has 0 spiro atoms. The standard InChI is InChI=1S/C13H26N2O/c1-10(2)11-6-3-4-7-12(11)15-13(16)8-5-9-14/h10-12H,3-9,14H2,1-2H3,(H,15,16). The molecule has 0 aromatic heterocycles. The lowest BCUT2D eigenvalue weighted by molar-refractivity contribution is -0.122. The first-order valence-corrected chi connectivity index (χ1v) is 6.64. The van der Waals surface area contributed by atoms with E-state index in [0.717, 1.165) is 12.8 Å². The Morgan fingerprint density at radius 1 is 1.38 bits per heavy atom. The van der Waals surface area contributed by atoms with Gasteiger partial charge in [0.05, 0.1) is 0 Å². The van der Waals surface area contributed by atoms with Gasteiger partial charge in [0.15, 0.2) is 0 Å². The molecule has 1 aliphatic rings. The van der Waals surface area contributed by atoms with Gasteiger partial charge in [-0.1, -0.05) is 26.7 Å². The number of rotatable bonds is 5. The molecule has 0 radical (unpaired) electrons. The molecule has 2 atom stereocenters. The predicted octanol–water partition coefficient (Wildman–Crippen LogP) is 2.06. The van der Waals surface area contributed by atoms with E-state index in [0.29, 0.717) is 30.8 Å². The molecule has 94 valence electrons. The minimum absolute atomic E-state index is 0.183. The van der Waals surface area contributed by atoms with Gasteiger partial charge in [0.1, 0.15) is 0 Å². The fourth-order valence-corrected chi connectivity index (χ4v) is 2.68. The molecule has 0 saturated heterocycles. The van der Waals surface area contributed by atoms with Crippen LogP contribution in [0.25, 0.3) is 0 Å². The van der Waals surface area contributed by atoms with Gasteiger partial charge in [-0.2, -0.15) is 0 Å². The van der Waals surface area contributed by atoms with E-state index in [1.165, 1.54) is 19.3 Å². The van der Waals surface area contributed by atoms with Crippen molar-refractivity contribution in [3.63, 3.8) is 0 Å². The number of nitrogens with two attached hydrogens (primary N) is 1. The van der Waals surface area contributed by atoms with Gasteiger partial charge in [0.2, 0.25) is 5.91 Å². The van der Waals surface area contributed by atoms with Crippen molar-refractivity contribution in [1.82, 2.24) is 5.32 Å². The monoisotopic (exact) mass is 226 g/mol. The van der Waals surface area contributed by atoms with Gasteiger partial charge in [0.25, 0.3) is 0 Å². The Labute approximate surface area is 99.2 Å². The van der Waals surface area contributed by atoms with E-state index < -0.39 is 0 Å². The fraction of sp³-hybridized carbons (Fsp3) is 0.923. The molecule has 1 rings (SSSR count). The van der Waals surface area contributed by atoms with Crippen LogP contribution in [0.3, 0.4) is 0 Å². The van der Waals surface area contributed by atoms with Crippen molar-refractivity contribution in [3.05, 3.63) is 0 Å². The SMILES string of the molecule is CC(C)C1CCCCC1NC(=O)CCCN. The largest absolute Gasteiger partial charge is 0.353 e. The normalized spacial score (nSPS) is 25.8. The van der Waals surface area contributed by atoms with E-state index in [1.54, 1.807) is 0 Å². The molecule has 0 aliphatic heterocycles. The van der Waals surface area contributed by atoms with E-state index in [9.17, 15) is 4.79 Å². The zero-order valence-electron chi connectivity index (χ0n) is 10.7. The van der Waals surface area contributed by atoms with Crippen molar-refractivity contribution in [2.75, 3.05) is 6.54 Å². The first kappa shape index (κ1) is 13.5. The number of carbonyl (C=O) groups is 1. The summed E-state index contributed by atoms with van der Waals surface area (Å²) in [4.78, 5) is 11.7. The second kappa shape index (κ2) is 6.89. The number of carbonyl (C=O) groups excluding carboxylic acids is 1. The number of hydrogen-bond acceptors (Lipinski definition) is 2. The summed E-state index contributed by atoms with van der Waals surface area (Å²) < 4.78 is 0. The van der Waals surface area contributed by atoms with Crippen molar-refractivity contribution in [2.45, 2.75) is 58.4 Å². The van der Waals surface area contributed by atoms with Gasteiger partial charge >= 0.3 is 0 Å². The highest BCUT2D eigenvalue weighted by atomic mass is 16.1. The molecule has 1 aliphatic carbocycles. The molecule has 3 heteroatoms. The van der Waals surface area contributed by atoms with Crippen LogP contribution in [0.2, 0.25) is 0 Å². The van der Waals surface area contributed by atoms with E-state index >= 15 is 0 Å². The van der Waals surface area contributed by atoms with Crippen LogP contribution in [-0.4, -0.2) is 18.5 Å². The molecule has 1 fully saturated rings. The van der Waals surface area contributed by atoms with Gasteiger partial charge in [-0.3, -0.25) is 4.79 Å².